The van der Waals surface area contributed by atoms with E-state index >= 15 is 0 Å². The second-order valence-corrected chi connectivity index (χ2v) is 26.5. The zero-order valence-corrected chi connectivity index (χ0v) is 50.1. The van der Waals surface area contributed by atoms with E-state index in [1.807, 2.05) is 0 Å². The first-order valence-corrected chi connectivity index (χ1v) is 33.9. The van der Waals surface area contributed by atoms with Crippen molar-refractivity contribution in [3.63, 3.8) is 0 Å². The molecule has 0 spiro atoms. The van der Waals surface area contributed by atoms with Crippen LogP contribution in [-0.4, -0.2) is 322 Å². The summed E-state index contributed by atoms with van der Waals surface area (Å²) in [5.74, 6) is -5.50. The minimum absolute atomic E-state index is 0.679. The van der Waals surface area contributed by atoms with Crippen molar-refractivity contribution in [3.8, 4) is 0 Å². The van der Waals surface area contributed by atoms with Gasteiger partial charge in [0.2, 0.25) is 41.6 Å². The Kier molecular flexibility index (Phi) is 26.8. The van der Waals surface area contributed by atoms with Crippen LogP contribution in [0.2, 0.25) is 0 Å². The molecule has 0 amide bonds. The minimum atomic E-state index is -6.67. The monoisotopic (exact) mass is 1500 g/mol. The Morgan fingerprint density at radius 2 is 0.824 bits per heavy atom. The predicted molar refractivity (Wildman–Crippen MR) is 242 cm³/mol. The lowest BCUT2D eigenvalue weighted by Crippen LogP contribution is -2.72. The van der Waals surface area contributed by atoms with Crippen LogP contribution in [0.4, 0.5) is 0 Å². The van der Waals surface area contributed by atoms with Crippen molar-refractivity contribution >= 4 is 95.8 Å². The Labute approximate surface area is 511 Å². The van der Waals surface area contributed by atoms with Gasteiger partial charge >= 0.3 is 0 Å². The number of carboxylic acids is 2. The number of aliphatic hydroxyl groups excluding tert-OH is 6. The molecule has 0 aromatic heterocycles. The predicted octanol–water partition coefficient (Wildman–Crippen LogP) is -18.9. The van der Waals surface area contributed by atoms with Gasteiger partial charge in [-0.15, -0.1) is 4.33 Å². The largest absolute Gasteiger partial charge is 0.748 e. The maximum Gasteiger partial charge on any atom is 0.218 e. The molecule has 0 aromatic carbocycles. The van der Waals surface area contributed by atoms with Crippen LogP contribution in [0.1, 0.15) is 0 Å². The van der Waals surface area contributed by atoms with Crippen LogP contribution in [0, 0.1) is 0 Å². The number of hydrogen-bond acceptors (Lipinski definition) is 49. The van der Waals surface area contributed by atoms with Gasteiger partial charge in [0.25, 0.3) is 0 Å². The summed E-state index contributed by atoms with van der Waals surface area (Å²) in [6, 6.07) is -8.50. The summed E-state index contributed by atoms with van der Waals surface area (Å²) >= 11 is -3.47. The molecule has 5 fully saturated rings. The third kappa shape index (κ3) is 23.0. The first-order chi connectivity index (χ1) is 41.4. The molecule has 9 N–H and O–H groups in total. The highest BCUT2D eigenvalue weighted by molar-refractivity contribution is 7.84. The smallest absolute Gasteiger partial charge is 0.218 e. The topological polar surface area (TPSA) is 826 Å². The van der Waals surface area contributed by atoms with Gasteiger partial charge in [-0.2, -0.15) is 0 Å². The maximum atomic E-state index is 12.8. The van der Waals surface area contributed by atoms with Crippen molar-refractivity contribution in [1.82, 2.24) is 14.2 Å². The van der Waals surface area contributed by atoms with Crippen LogP contribution < -0.4 is 24.4 Å². The van der Waals surface area contributed by atoms with Crippen LogP contribution in [0.15, 0.2) is 0 Å². The quantitative estimate of drug-likeness (QED) is 0.0102. The molecule has 60 heteroatoms. The number of aliphatic carboxylic acids is 2. The zero-order valence-electron chi connectivity index (χ0n) is 43.6. The summed E-state index contributed by atoms with van der Waals surface area (Å²) in [6.07, 6.45) is -65.6. The van der Waals surface area contributed by atoms with Crippen LogP contribution in [0.25, 0.3) is 0 Å². The molecule has 91 heavy (non-hydrogen) atoms. The fourth-order valence-electron chi connectivity index (χ4n) is 8.92. The number of nitrogens with one attached hydrogen (secondary N) is 3. The second-order valence-electron chi connectivity index (χ2n) is 18.4. The first-order valence-electron chi connectivity index (χ1n) is 23.4. The molecule has 5 aliphatic rings. The van der Waals surface area contributed by atoms with Gasteiger partial charge in [0, 0.05) is 7.11 Å². The van der Waals surface area contributed by atoms with Crippen molar-refractivity contribution in [1.29, 1.82) is 0 Å². The number of carbonyl (C=O) groups is 2. The highest BCUT2D eigenvalue weighted by Crippen LogP contribution is 2.38. The Bertz CT molecular complexity index is 3360. The molecule has 5 saturated heterocycles. The summed E-state index contributed by atoms with van der Waals surface area (Å²) in [5.41, 5.74) is 0. The van der Waals surface area contributed by atoms with Crippen molar-refractivity contribution in [2.45, 2.75) is 153 Å². The van der Waals surface area contributed by atoms with Crippen molar-refractivity contribution < 1.29 is 223 Å². The summed E-state index contributed by atoms with van der Waals surface area (Å²) in [5, 5.41) is 92.3. The molecular weight excluding hydrogens is 1450 g/mol. The number of carboxylic acid groups (broad SMARTS) is 2. The second kappa shape index (κ2) is 30.9. The molecule has 5 aliphatic heterocycles. The average Bonchev–Trinajstić information content (AvgIpc) is 0.768. The highest BCUT2D eigenvalue weighted by atomic mass is 32.3. The van der Waals surface area contributed by atoms with Gasteiger partial charge in [-0.05, 0) is 0 Å². The van der Waals surface area contributed by atoms with Gasteiger partial charge in [0.1, 0.15) is 134 Å². The van der Waals surface area contributed by atoms with E-state index in [9.17, 15) is 150 Å². The fraction of sp³-hybridized carbons (Fsp3) is 0.935. The highest BCUT2D eigenvalue weighted by Gasteiger charge is 2.59. The van der Waals surface area contributed by atoms with Gasteiger partial charge in [-0.1, -0.05) is 0 Å². The molecule has 0 bridgehead atoms. The van der Waals surface area contributed by atoms with Gasteiger partial charge in [0.05, 0.1) is 25.2 Å². The molecule has 534 valence electrons. The van der Waals surface area contributed by atoms with E-state index in [1.54, 1.807) is 0 Å². The van der Waals surface area contributed by atoms with Crippen molar-refractivity contribution in [3.05, 3.63) is 0 Å². The number of aliphatic hydroxyl groups is 6. The Balaban J connectivity index is 1.59. The van der Waals surface area contributed by atoms with E-state index in [2.05, 4.69) is 26.0 Å². The number of ether oxygens (including phenoxy) is 10. The third-order valence-corrected chi connectivity index (χ3v) is 16.0. The van der Waals surface area contributed by atoms with E-state index in [4.69, 9.17) is 47.4 Å². The lowest BCUT2D eigenvalue weighted by atomic mass is 9.94. The van der Waals surface area contributed by atoms with Crippen LogP contribution in [0.5, 0.6) is 0 Å². The summed E-state index contributed by atoms with van der Waals surface area (Å²) < 4.78 is 348. The SMILES string of the molecule is CO[C@H]1O[C@@H](COS(=O)(=O)[O-])[C@@H](O[C@@H]2OC(C(=O)[O-])[C@H](O[C@@H]3OC(COS(=O)(=O)[O-])[C@@H](O[C@@H]4O[C@@H](C(=O)[O-])[C@@H](O[C@H]5O[C@@H](COOS(=O)[O-])[C@@H](O)C(O)C5NS(=O)(=O)[O-])C(O)C4O)C(OS(=O)(=O)[O-])[C@@H]3NS(=O)(=O)[O-])[C@@H](O)C2OS(=O)(=O)[O-])C(O)C1NS(=O)(=O)[O-]. The normalized spacial score (nSPS) is 38.8. The van der Waals surface area contributed by atoms with E-state index in [-0.39, 0.29) is 0 Å². The Hall–Kier alpha value is -2.58. The summed E-state index contributed by atoms with van der Waals surface area (Å²) in [6.45, 7) is -5.10. The van der Waals surface area contributed by atoms with Crippen LogP contribution in [-0.2, 0) is 167 Å². The van der Waals surface area contributed by atoms with E-state index < -0.39 is 269 Å². The summed E-state index contributed by atoms with van der Waals surface area (Å²) in [7, 11) is -42.5. The first kappa shape index (κ1) is 79.1. The molecule has 26 atom stereocenters. The molecule has 5 heterocycles. The van der Waals surface area contributed by atoms with E-state index in [0.717, 1.165) is 9.44 Å². The molecule has 0 aromatic rings. The molecule has 0 radical (unpaired) electrons. The van der Waals surface area contributed by atoms with Gasteiger partial charge in [0.15, 0.2) is 68.5 Å². The molecule has 52 nitrogen and oxygen atoms in total. The molecule has 0 aliphatic carbocycles. The van der Waals surface area contributed by atoms with E-state index in [1.165, 1.54) is 4.72 Å². The number of hydrogen-bond donors (Lipinski definition) is 9. The van der Waals surface area contributed by atoms with Crippen LogP contribution >= 0.6 is 0 Å². The standard InChI is InChI=1S/C31H53N3O49S8/c1-68-27-9(33-86(50,51)52)13(37)17(6(73-27)3-70-88(56,57)58)75-31-22(82-91(65,66)67)16(40)21(24(80-31)26(43)44)78-29-10(34-87(53,54)55)19(81-90(62,63)64)18(7(74-29)4-71-89(59,60)61)76-30-15(39)14(38)20(23(79-30)25(41)42)77-28-8(32-85(47,48)49)12(36)11(35)5(72-28)2-69-83-84(45)46/h5-24,27-40H,2-4H2,1H3,(H,41,42)(H,43,44)(H,45,46)(H,47,48,49)(H,50,51,52)(H,53,54,55)(H,56,57,58)(H,59,60,61)(H,62,63,64)(H,65,66,67)/p-10/t5-,6-,7?,8?,9?,10-,11+,12?,13?,14?,15?,16+,17+,18+,19?,20-,21+,22?,23+,24?,27-,28+,29-,30+,31+/m0/s1. The maximum absolute atomic E-state index is 12.8. The lowest BCUT2D eigenvalue weighted by molar-refractivity contribution is -0.390. The molecular formula is C31H43N3O49S8-10. The lowest BCUT2D eigenvalue weighted by Gasteiger charge is -2.52. The van der Waals surface area contributed by atoms with Gasteiger partial charge in [-0.25, -0.2) is 82.2 Å². The minimum Gasteiger partial charge on any atom is -0.748 e. The molecule has 11 unspecified atom stereocenters. The Morgan fingerprint density at radius 1 is 0.429 bits per heavy atom. The van der Waals surface area contributed by atoms with Gasteiger partial charge < -0.3 is 134 Å². The number of rotatable bonds is 31. The Morgan fingerprint density at radius 3 is 1.27 bits per heavy atom. The molecule has 0 saturated carbocycles. The third-order valence-electron chi connectivity index (χ3n) is 12.3. The van der Waals surface area contributed by atoms with Crippen LogP contribution in [0.3, 0.4) is 0 Å². The van der Waals surface area contributed by atoms with Gasteiger partial charge in [-0.3, -0.25) is 16.7 Å². The fourth-order valence-corrected chi connectivity index (χ4v) is 12.4. The molecule has 5 rings (SSSR count). The average molecular weight is 1500 g/mol. The number of methoxy groups -OCH3 is 1. The zero-order chi connectivity index (χ0) is 69.2. The van der Waals surface area contributed by atoms with Crippen molar-refractivity contribution in [2.24, 2.45) is 0 Å². The number of carbonyl (C=O) groups excluding carboxylic acids is 2. The van der Waals surface area contributed by atoms with Crippen molar-refractivity contribution in [2.75, 3.05) is 26.9 Å². The summed E-state index contributed by atoms with van der Waals surface area (Å²) in [4.78, 5) is 29.7. The van der Waals surface area contributed by atoms with E-state index in [0.29, 0.717) is 7.11 Å².